The number of carboxylic acids is 1. The Balaban J connectivity index is 1.67. The Labute approximate surface area is 189 Å². The predicted octanol–water partition coefficient (Wildman–Crippen LogP) is 4.99. The summed E-state index contributed by atoms with van der Waals surface area (Å²) in [6.07, 6.45) is -0.251. The molecule has 3 aromatic rings. The van der Waals surface area contributed by atoms with E-state index in [4.69, 9.17) is 16.3 Å². The maximum Gasteiger partial charge on any atom is 0.346 e. The third-order valence-corrected chi connectivity index (χ3v) is 6.53. The van der Waals surface area contributed by atoms with Crippen molar-refractivity contribution >= 4 is 46.4 Å². The first-order valence-corrected chi connectivity index (χ1v) is 10.5. The quantitative estimate of drug-likeness (QED) is 0.523. The number of ether oxygens (including phenoxy) is 1. The van der Waals surface area contributed by atoms with Crippen molar-refractivity contribution in [1.29, 1.82) is 0 Å². The van der Waals surface area contributed by atoms with Gasteiger partial charge >= 0.3 is 5.97 Å². The molecule has 0 atom stereocenters. The van der Waals surface area contributed by atoms with Crippen LogP contribution in [-0.4, -0.2) is 22.9 Å². The van der Waals surface area contributed by atoms with E-state index in [9.17, 15) is 28.3 Å². The lowest BCUT2D eigenvalue weighted by Crippen LogP contribution is -2.43. The van der Waals surface area contributed by atoms with Gasteiger partial charge in [0.15, 0.2) is 0 Å². The molecule has 0 saturated carbocycles. The summed E-state index contributed by atoms with van der Waals surface area (Å²) in [6.45, 7) is 1.44. The van der Waals surface area contributed by atoms with Gasteiger partial charge in [0.05, 0.1) is 22.7 Å². The minimum absolute atomic E-state index is 0.0635. The summed E-state index contributed by atoms with van der Waals surface area (Å²) >= 11 is 6.96. The number of aryl methyl sites for hydroxylation is 1. The van der Waals surface area contributed by atoms with Crippen molar-refractivity contribution in [3.8, 4) is 5.75 Å². The number of imide groups is 1. The number of carbonyl (C=O) groups is 3. The van der Waals surface area contributed by atoms with Gasteiger partial charge in [-0.05, 0) is 41.6 Å². The number of rotatable bonds is 5. The SMILES string of the molecule is Cc1ccc(F)c(COc2ccc(F)c(N3C(=O)Cc4csc(C(=O)O)c4C3=O)c2)c1Cl. The number of benzene rings is 2. The Morgan fingerprint density at radius 2 is 1.94 bits per heavy atom. The molecule has 10 heteroatoms. The molecule has 2 aromatic carbocycles. The number of thiophene rings is 1. The van der Waals surface area contributed by atoms with Crippen molar-refractivity contribution in [3.05, 3.63) is 79.5 Å². The minimum atomic E-state index is -1.31. The zero-order valence-electron chi connectivity index (χ0n) is 16.4. The summed E-state index contributed by atoms with van der Waals surface area (Å²) in [5.74, 6) is -4.34. The van der Waals surface area contributed by atoms with Crippen molar-refractivity contribution in [3.63, 3.8) is 0 Å². The average molecular weight is 478 g/mol. The number of halogens is 3. The highest BCUT2D eigenvalue weighted by Gasteiger charge is 2.38. The largest absolute Gasteiger partial charge is 0.489 e. The second kappa shape index (κ2) is 8.33. The molecule has 0 bridgehead atoms. The summed E-state index contributed by atoms with van der Waals surface area (Å²) < 4.78 is 34.3. The van der Waals surface area contributed by atoms with E-state index in [2.05, 4.69) is 0 Å². The molecule has 0 fully saturated rings. The average Bonchev–Trinajstić information content (AvgIpc) is 3.17. The number of anilines is 1. The van der Waals surface area contributed by atoms with Crippen LogP contribution >= 0.6 is 22.9 Å². The van der Waals surface area contributed by atoms with Crippen LogP contribution in [0.2, 0.25) is 5.02 Å². The Morgan fingerprint density at radius 3 is 2.66 bits per heavy atom. The van der Waals surface area contributed by atoms with Gasteiger partial charge in [-0.15, -0.1) is 11.3 Å². The second-order valence-electron chi connectivity index (χ2n) is 7.04. The maximum absolute atomic E-state index is 14.6. The summed E-state index contributed by atoms with van der Waals surface area (Å²) in [6, 6.07) is 6.16. The normalized spacial score (nSPS) is 13.3. The number of amides is 2. The number of fused-ring (bicyclic) bond motifs is 1. The number of nitrogens with zero attached hydrogens (tertiary/aromatic N) is 1. The minimum Gasteiger partial charge on any atom is -0.489 e. The zero-order valence-corrected chi connectivity index (χ0v) is 18.0. The third-order valence-electron chi connectivity index (χ3n) is 4.99. The van der Waals surface area contributed by atoms with Gasteiger partial charge in [-0.1, -0.05) is 17.7 Å². The van der Waals surface area contributed by atoms with Crippen molar-refractivity contribution in [2.75, 3.05) is 4.90 Å². The van der Waals surface area contributed by atoms with Gasteiger partial charge in [0, 0.05) is 11.6 Å². The first kappa shape index (κ1) is 21.9. The molecule has 0 saturated heterocycles. The Hall–Kier alpha value is -3.30. The van der Waals surface area contributed by atoms with Crippen LogP contribution in [0, 0.1) is 18.6 Å². The number of carboxylic acid groups (broad SMARTS) is 1. The van der Waals surface area contributed by atoms with Crippen LogP contribution < -0.4 is 9.64 Å². The molecule has 4 rings (SSSR count). The molecule has 1 aliphatic rings. The summed E-state index contributed by atoms with van der Waals surface area (Å²) in [5, 5.41) is 11.0. The number of carbonyl (C=O) groups excluding carboxylic acids is 2. The monoisotopic (exact) mass is 477 g/mol. The first-order valence-electron chi connectivity index (χ1n) is 9.25. The Kier molecular flexibility index (Phi) is 5.70. The molecule has 2 amide bonds. The van der Waals surface area contributed by atoms with E-state index in [1.165, 1.54) is 23.6 Å². The fourth-order valence-corrected chi connectivity index (χ4v) is 4.49. The molecular formula is C22H14ClF2NO5S. The topological polar surface area (TPSA) is 83.9 Å². The van der Waals surface area contributed by atoms with E-state index in [0.29, 0.717) is 10.5 Å². The molecule has 32 heavy (non-hydrogen) atoms. The van der Waals surface area contributed by atoms with Gasteiger partial charge in [0.1, 0.15) is 28.9 Å². The number of aromatic carboxylic acids is 1. The van der Waals surface area contributed by atoms with Crippen molar-refractivity contribution < 1.29 is 33.0 Å². The molecule has 1 N–H and O–H groups in total. The van der Waals surface area contributed by atoms with Crippen LogP contribution in [0.5, 0.6) is 5.75 Å². The van der Waals surface area contributed by atoms with Crippen LogP contribution in [0.15, 0.2) is 35.7 Å². The van der Waals surface area contributed by atoms with Crippen molar-refractivity contribution in [1.82, 2.24) is 0 Å². The molecular weight excluding hydrogens is 464 g/mol. The van der Waals surface area contributed by atoms with E-state index in [0.717, 1.165) is 23.5 Å². The highest BCUT2D eigenvalue weighted by Crippen LogP contribution is 2.34. The lowest BCUT2D eigenvalue weighted by Gasteiger charge is -2.26. The molecule has 164 valence electrons. The fourth-order valence-electron chi connectivity index (χ4n) is 3.38. The van der Waals surface area contributed by atoms with Gasteiger partial charge in [-0.2, -0.15) is 0 Å². The molecule has 0 spiro atoms. The standard InChI is InChI=1S/C22H14ClF2NO5S/c1-10-2-4-14(24)13(19(10)23)8-31-12-3-5-15(25)16(7-12)26-17(27)6-11-9-32-20(22(29)30)18(11)21(26)28/h2-5,7,9H,6,8H2,1H3,(H,29,30). The van der Waals surface area contributed by atoms with Crippen LogP contribution in [0.4, 0.5) is 14.5 Å². The number of hydrogen-bond acceptors (Lipinski definition) is 5. The number of hydrogen-bond donors (Lipinski definition) is 1. The van der Waals surface area contributed by atoms with Crippen molar-refractivity contribution in [2.24, 2.45) is 0 Å². The van der Waals surface area contributed by atoms with Crippen LogP contribution in [0.1, 0.15) is 36.7 Å². The van der Waals surface area contributed by atoms with Crippen LogP contribution in [0.3, 0.4) is 0 Å². The molecule has 0 unspecified atom stereocenters. The third kappa shape index (κ3) is 3.74. The van der Waals surface area contributed by atoms with E-state index < -0.39 is 29.4 Å². The zero-order chi connectivity index (χ0) is 23.2. The first-order chi connectivity index (χ1) is 15.2. The molecule has 2 heterocycles. The molecule has 0 radical (unpaired) electrons. The molecule has 1 aliphatic heterocycles. The Morgan fingerprint density at radius 1 is 1.22 bits per heavy atom. The predicted molar refractivity (Wildman–Crippen MR) is 114 cm³/mol. The van der Waals surface area contributed by atoms with Gasteiger partial charge in [0.25, 0.3) is 5.91 Å². The van der Waals surface area contributed by atoms with Gasteiger partial charge in [0.2, 0.25) is 5.91 Å². The lowest BCUT2D eigenvalue weighted by molar-refractivity contribution is -0.117. The van der Waals surface area contributed by atoms with E-state index >= 15 is 0 Å². The van der Waals surface area contributed by atoms with Gasteiger partial charge < -0.3 is 9.84 Å². The highest BCUT2D eigenvalue weighted by atomic mass is 35.5. The maximum atomic E-state index is 14.6. The summed E-state index contributed by atoms with van der Waals surface area (Å²) in [7, 11) is 0. The highest BCUT2D eigenvalue weighted by molar-refractivity contribution is 7.12. The molecule has 0 aliphatic carbocycles. The van der Waals surface area contributed by atoms with Gasteiger partial charge in [-0.25, -0.2) is 18.5 Å². The summed E-state index contributed by atoms with van der Waals surface area (Å²) in [5.41, 5.74) is 0.521. The van der Waals surface area contributed by atoms with Crippen LogP contribution in [0.25, 0.3) is 0 Å². The van der Waals surface area contributed by atoms with E-state index in [1.807, 2.05) is 0 Å². The van der Waals surface area contributed by atoms with Crippen LogP contribution in [-0.2, 0) is 17.8 Å². The fraction of sp³-hybridized carbons (Fsp3) is 0.136. The smallest absolute Gasteiger partial charge is 0.346 e. The summed E-state index contributed by atoms with van der Waals surface area (Å²) in [4.78, 5) is 37.4. The van der Waals surface area contributed by atoms with Crippen molar-refractivity contribution in [2.45, 2.75) is 20.0 Å². The molecule has 6 nitrogen and oxygen atoms in total. The lowest BCUT2D eigenvalue weighted by atomic mass is 10.0. The Bertz CT molecular complexity index is 1290. The second-order valence-corrected chi connectivity index (χ2v) is 8.30. The van der Waals surface area contributed by atoms with E-state index in [1.54, 1.807) is 6.92 Å². The van der Waals surface area contributed by atoms with E-state index in [-0.39, 0.29) is 51.1 Å². The van der Waals surface area contributed by atoms with Gasteiger partial charge in [-0.3, -0.25) is 9.59 Å². The molecule has 1 aromatic heterocycles.